The van der Waals surface area contributed by atoms with Crippen LogP contribution in [0.3, 0.4) is 0 Å². The highest BCUT2D eigenvalue weighted by atomic mass is 32.1. The number of thiocarbonyl (C=S) groups is 1. The van der Waals surface area contributed by atoms with Gasteiger partial charge in [-0.1, -0.05) is 0 Å². The summed E-state index contributed by atoms with van der Waals surface area (Å²) >= 11 is 4.61. The van der Waals surface area contributed by atoms with E-state index >= 15 is 0 Å². The summed E-state index contributed by atoms with van der Waals surface area (Å²) in [5.74, 6) is 0. The maximum absolute atomic E-state index is 8.43. The maximum Gasteiger partial charge on any atom is 0.168 e. The topological polar surface area (TPSA) is 74.7 Å². The largest absolute Gasteiger partial charge is 0.376 e. The SMILES string of the molecule is N#Cc1ccc(NC(N)=S)cn1. The molecule has 0 aliphatic heterocycles. The minimum Gasteiger partial charge on any atom is -0.376 e. The van der Waals surface area contributed by atoms with E-state index in [-0.39, 0.29) is 5.11 Å². The average molecular weight is 178 g/mol. The molecule has 0 spiro atoms. The van der Waals surface area contributed by atoms with Crippen molar-refractivity contribution >= 4 is 23.0 Å². The second-order valence-electron chi connectivity index (χ2n) is 2.03. The number of pyridine rings is 1. The smallest absolute Gasteiger partial charge is 0.168 e. The van der Waals surface area contributed by atoms with Crippen LogP contribution in [-0.4, -0.2) is 10.1 Å². The molecule has 60 valence electrons. The first-order valence-corrected chi connectivity index (χ1v) is 3.56. The minimum atomic E-state index is 0.182. The summed E-state index contributed by atoms with van der Waals surface area (Å²) in [6, 6.07) is 5.17. The van der Waals surface area contributed by atoms with Crippen molar-refractivity contribution in [2.75, 3.05) is 5.32 Å². The Hall–Kier alpha value is -1.67. The second-order valence-corrected chi connectivity index (χ2v) is 2.47. The number of nitriles is 1. The van der Waals surface area contributed by atoms with Gasteiger partial charge in [-0.2, -0.15) is 5.26 Å². The van der Waals surface area contributed by atoms with Crippen molar-refractivity contribution in [2.45, 2.75) is 0 Å². The highest BCUT2D eigenvalue weighted by Gasteiger charge is 1.93. The number of hydrogen-bond acceptors (Lipinski definition) is 3. The van der Waals surface area contributed by atoms with E-state index in [0.717, 1.165) is 0 Å². The highest BCUT2D eigenvalue weighted by molar-refractivity contribution is 7.80. The van der Waals surface area contributed by atoms with Crippen molar-refractivity contribution in [1.82, 2.24) is 4.98 Å². The van der Waals surface area contributed by atoms with Gasteiger partial charge in [-0.25, -0.2) is 4.98 Å². The molecule has 0 aromatic carbocycles. The Bertz CT molecular complexity index is 324. The normalized spacial score (nSPS) is 8.58. The molecule has 0 bridgehead atoms. The van der Waals surface area contributed by atoms with E-state index in [1.807, 2.05) is 6.07 Å². The minimum absolute atomic E-state index is 0.182. The lowest BCUT2D eigenvalue weighted by Crippen LogP contribution is -2.18. The third-order valence-electron chi connectivity index (χ3n) is 1.15. The predicted octanol–water partition coefficient (Wildman–Crippen LogP) is 0.609. The Kier molecular flexibility index (Phi) is 2.56. The number of nitrogens with two attached hydrogens (primary N) is 1. The first kappa shape index (κ1) is 8.43. The molecule has 1 rings (SSSR count). The first-order chi connectivity index (χ1) is 5.72. The van der Waals surface area contributed by atoms with E-state index in [1.165, 1.54) is 6.20 Å². The van der Waals surface area contributed by atoms with Crippen molar-refractivity contribution < 1.29 is 0 Å². The number of rotatable bonds is 1. The van der Waals surface area contributed by atoms with Gasteiger partial charge >= 0.3 is 0 Å². The summed E-state index contributed by atoms with van der Waals surface area (Å²) in [5.41, 5.74) is 6.27. The van der Waals surface area contributed by atoms with Gasteiger partial charge in [0.05, 0.1) is 11.9 Å². The zero-order chi connectivity index (χ0) is 8.97. The zero-order valence-corrected chi connectivity index (χ0v) is 6.93. The van der Waals surface area contributed by atoms with Gasteiger partial charge in [0.1, 0.15) is 11.8 Å². The number of aromatic nitrogens is 1. The Balaban J connectivity index is 2.80. The van der Waals surface area contributed by atoms with Gasteiger partial charge in [-0.3, -0.25) is 0 Å². The standard InChI is InChI=1S/C7H6N4S/c8-3-5-1-2-6(4-10-5)11-7(9)12/h1-2,4H,(H3,9,11,12). The third-order valence-corrected chi connectivity index (χ3v) is 1.25. The van der Waals surface area contributed by atoms with Crippen LogP contribution in [0.15, 0.2) is 18.3 Å². The van der Waals surface area contributed by atoms with E-state index in [2.05, 4.69) is 22.5 Å². The molecule has 1 aromatic heterocycles. The highest BCUT2D eigenvalue weighted by Crippen LogP contribution is 2.04. The van der Waals surface area contributed by atoms with Gasteiger partial charge in [0.2, 0.25) is 0 Å². The van der Waals surface area contributed by atoms with Crippen molar-refractivity contribution in [3.8, 4) is 6.07 Å². The fourth-order valence-electron chi connectivity index (χ4n) is 0.676. The predicted molar refractivity (Wildman–Crippen MR) is 49.4 cm³/mol. The summed E-state index contributed by atoms with van der Waals surface area (Å²) < 4.78 is 0. The molecule has 4 nitrogen and oxygen atoms in total. The van der Waals surface area contributed by atoms with Crippen molar-refractivity contribution in [1.29, 1.82) is 5.26 Å². The molecule has 0 radical (unpaired) electrons. The van der Waals surface area contributed by atoms with Gasteiger partial charge < -0.3 is 11.1 Å². The second kappa shape index (κ2) is 3.64. The Morgan fingerprint density at radius 2 is 2.42 bits per heavy atom. The van der Waals surface area contributed by atoms with Crippen LogP contribution in [0, 0.1) is 11.3 Å². The van der Waals surface area contributed by atoms with Gasteiger partial charge in [-0.05, 0) is 24.4 Å². The van der Waals surface area contributed by atoms with Crippen LogP contribution in [0.5, 0.6) is 0 Å². The lowest BCUT2D eigenvalue weighted by atomic mass is 10.3. The van der Waals surface area contributed by atoms with Crippen molar-refractivity contribution in [2.24, 2.45) is 5.73 Å². The van der Waals surface area contributed by atoms with Gasteiger partial charge in [-0.15, -0.1) is 0 Å². The van der Waals surface area contributed by atoms with E-state index in [9.17, 15) is 0 Å². The molecule has 0 saturated carbocycles. The summed E-state index contributed by atoms with van der Waals surface area (Å²) in [6.45, 7) is 0. The summed E-state index contributed by atoms with van der Waals surface area (Å²) in [5, 5.41) is 11.3. The van der Waals surface area contributed by atoms with Crippen LogP contribution in [0.1, 0.15) is 5.69 Å². The lowest BCUT2D eigenvalue weighted by molar-refractivity contribution is 1.26. The fraction of sp³-hybridized carbons (Fsp3) is 0. The molecular formula is C7H6N4S. The molecule has 0 aliphatic rings. The summed E-state index contributed by atoms with van der Waals surface area (Å²) in [4.78, 5) is 3.81. The van der Waals surface area contributed by atoms with Crippen LogP contribution in [-0.2, 0) is 0 Å². The fourth-order valence-corrected chi connectivity index (χ4v) is 0.794. The van der Waals surface area contributed by atoms with E-state index in [4.69, 9.17) is 11.0 Å². The Labute approximate surface area is 75.0 Å². The molecule has 1 aromatic rings. The molecule has 5 heteroatoms. The van der Waals surface area contributed by atoms with Gasteiger partial charge in [0.25, 0.3) is 0 Å². The number of nitrogens with zero attached hydrogens (tertiary/aromatic N) is 2. The van der Waals surface area contributed by atoms with Crippen LogP contribution in [0.25, 0.3) is 0 Å². The maximum atomic E-state index is 8.43. The van der Waals surface area contributed by atoms with Crippen LogP contribution >= 0.6 is 12.2 Å². The summed E-state index contributed by atoms with van der Waals surface area (Å²) in [6.07, 6.45) is 1.50. The molecule has 3 N–H and O–H groups in total. The third kappa shape index (κ3) is 2.18. The van der Waals surface area contributed by atoms with Crippen molar-refractivity contribution in [3.63, 3.8) is 0 Å². The van der Waals surface area contributed by atoms with Crippen LogP contribution < -0.4 is 11.1 Å². The molecule has 0 fully saturated rings. The average Bonchev–Trinajstić information content (AvgIpc) is 2.05. The zero-order valence-electron chi connectivity index (χ0n) is 6.11. The number of hydrogen-bond donors (Lipinski definition) is 2. The summed E-state index contributed by atoms with van der Waals surface area (Å²) in [7, 11) is 0. The molecule has 1 heterocycles. The number of anilines is 1. The van der Waals surface area contributed by atoms with Crippen LogP contribution in [0.4, 0.5) is 5.69 Å². The molecular weight excluding hydrogens is 172 g/mol. The first-order valence-electron chi connectivity index (χ1n) is 3.15. The van der Waals surface area contributed by atoms with E-state index < -0.39 is 0 Å². The van der Waals surface area contributed by atoms with E-state index in [0.29, 0.717) is 11.4 Å². The van der Waals surface area contributed by atoms with Gasteiger partial charge in [0.15, 0.2) is 5.11 Å². The van der Waals surface area contributed by atoms with Crippen molar-refractivity contribution in [3.05, 3.63) is 24.0 Å². The molecule has 0 amide bonds. The van der Waals surface area contributed by atoms with Gasteiger partial charge in [0, 0.05) is 0 Å². The Morgan fingerprint density at radius 3 is 2.83 bits per heavy atom. The Morgan fingerprint density at radius 1 is 1.67 bits per heavy atom. The number of nitrogens with one attached hydrogen (secondary N) is 1. The molecule has 0 saturated heterocycles. The van der Waals surface area contributed by atoms with E-state index in [1.54, 1.807) is 12.1 Å². The quantitative estimate of drug-likeness (QED) is 0.616. The molecule has 0 atom stereocenters. The van der Waals surface area contributed by atoms with Crippen LogP contribution in [0.2, 0.25) is 0 Å². The lowest BCUT2D eigenvalue weighted by Gasteiger charge is -2.01. The monoisotopic (exact) mass is 178 g/mol. The molecule has 12 heavy (non-hydrogen) atoms. The molecule has 0 aliphatic carbocycles. The molecule has 0 unspecified atom stereocenters.